The summed E-state index contributed by atoms with van der Waals surface area (Å²) in [4.78, 5) is 3.14. The first kappa shape index (κ1) is 10.3. The van der Waals surface area contributed by atoms with Gasteiger partial charge in [-0.15, -0.1) is 0 Å². The van der Waals surface area contributed by atoms with E-state index in [0.717, 1.165) is 18.8 Å². The van der Waals surface area contributed by atoms with Crippen molar-refractivity contribution in [2.75, 3.05) is 6.54 Å². The summed E-state index contributed by atoms with van der Waals surface area (Å²) in [6, 6.07) is 2.40. The van der Waals surface area contributed by atoms with E-state index in [4.69, 9.17) is 4.74 Å². The van der Waals surface area contributed by atoms with Crippen LogP contribution in [0.15, 0.2) is 24.4 Å². The maximum atomic E-state index is 5.58. The highest BCUT2D eigenvalue weighted by atomic mass is 16.5. The molecule has 15 heavy (non-hydrogen) atoms. The van der Waals surface area contributed by atoms with E-state index in [1.165, 1.54) is 5.56 Å². The summed E-state index contributed by atoms with van der Waals surface area (Å²) in [6.07, 6.45) is 7.76. The van der Waals surface area contributed by atoms with Gasteiger partial charge in [0.15, 0.2) is 5.88 Å². The molecular weight excluding hydrogens is 188 g/mol. The summed E-state index contributed by atoms with van der Waals surface area (Å²) < 4.78 is 5.58. The van der Waals surface area contributed by atoms with Crippen LogP contribution in [0.2, 0.25) is 0 Å². The van der Waals surface area contributed by atoms with Crippen molar-refractivity contribution >= 4 is 0 Å². The van der Waals surface area contributed by atoms with Gasteiger partial charge in [-0.2, -0.15) is 0 Å². The maximum Gasteiger partial charge on any atom is 0.191 e. The normalized spacial score (nSPS) is 20.9. The van der Waals surface area contributed by atoms with Crippen LogP contribution in [-0.2, 0) is 0 Å². The van der Waals surface area contributed by atoms with Crippen LogP contribution in [0, 0.1) is 0 Å². The lowest BCUT2D eigenvalue weighted by Gasteiger charge is -2.16. The highest BCUT2D eigenvalue weighted by Gasteiger charge is 2.12. The van der Waals surface area contributed by atoms with Crippen LogP contribution in [0.5, 0.6) is 5.88 Å². The number of aromatic nitrogens is 1. The lowest BCUT2D eigenvalue weighted by molar-refractivity contribution is 0.234. The Morgan fingerprint density at radius 3 is 3.00 bits per heavy atom. The number of hydrogen-bond acceptors (Lipinski definition) is 2. The molecule has 0 aromatic carbocycles. The first-order chi connectivity index (χ1) is 7.25. The van der Waals surface area contributed by atoms with Gasteiger partial charge in [-0.3, -0.25) is 0 Å². The van der Waals surface area contributed by atoms with E-state index in [9.17, 15) is 0 Å². The summed E-state index contributed by atoms with van der Waals surface area (Å²) in [5.74, 6) is 0.848. The SMILES string of the molecule is CC(C)Oc1cc(C2C=CCCN2)c[nH]1. The fourth-order valence-corrected chi connectivity index (χ4v) is 1.74. The molecule has 1 aromatic rings. The number of nitrogens with one attached hydrogen (secondary N) is 2. The summed E-state index contributed by atoms with van der Waals surface area (Å²) in [5.41, 5.74) is 1.24. The lowest BCUT2D eigenvalue weighted by atomic mass is 10.1. The molecule has 2 N–H and O–H groups in total. The molecule has 1 aromatic heterocycles. The van der Waals surface area contributed by atoms with Gasteiger partial charge in [-0.1, -0.05) is 12.2 Å². The monoisotopic (exact) mass is 206 g/mol. The number of ether oxygens (including phenoxy) is 1. The topological polar surface area (TPSA) is 37.0 Å². The van der Waals surface area contributed by atoms with E-state index >= 15 is 0 Å². The molecule has 0 saturated heterocycles. The summed E-state index contributed by atoms with van der Waals surface area (Å²) in [7, 11) is 0. The first-order valence-corrected chi connectivity index (χ1v) is 5.51. The molecule has 1 atom stereocenters. The minimum atomic E-state index is 0.214. The molecule has 1 aliphatic rings. The summed E-state index contributed by atoms with van der Waals surface area (Å²) in [5, 5.41) is 3.44. The van der Waals surface area contributed by atoms with Crippen molar-refractivity contribution < 1.29 is 4.74 Å². The summed E-state index contributed by atoms with van der Waals surface area (Å²) in [6.45, 7) is 5.10. The van der Waals surface area contributed by atoms with Crippen molar-refractivity contribution in [2.24, 2.45) is 0 Å². The quantitative estimate of drug-likeness (QED) is 0.745. The van der Waals surface area contributed by atoms with E-state index in [0.29, 0.717) is 6.04 Å². The molecule has 2 heterocycles. The Labute approximate surface area is 90.5 Å². The Balaban J connectivity index is 2.05. The van der Waals surface area contributed by atoms with E-state index in [-0.39, 0.29) is 6.10 Å². The van der Waals surface area contributed by atoms with Crippen molar-refractivity contribution in [1.82, 2.24) is 10.3 Å². The van der Waals surface area contributed by atoms with Gasteiger partial charge in [-0.05, 0) is 32.4 Å². The van der Waals surface area contributed by atoms with Crippen molar-refractivity contribution in [3.63, 3.8) is 0 Å². The maximum absolute atomic E-state index is 5.58. The fourth-order valence-electron chi connectivity index (χ4n) is 1.74. The second-order valence-corrected chi connectivity index (χ2v) is 4.11. The molecule has 0 fully saturated rings. The second kappa shape index (κ2) is 4.53. The van der Waals surface area contributed by atoms with Crippen LogP contribution in [0.4, 0.5) is 0 Å². The van der Waals surface area contributed by atoms with Crippen LogP contribution < -0.4 is 10.1 Å². The Bertz CT molecular complexity index is 341. The van der Waals surface area contributed by atoms with E-state index < -0.39 is 0 Å². The molecule has 3 nitrogen and oxygen atoms in total. The standard InChI is InChI=1S/C12H18N2O/c1-9(2)15-12-7-10(8-14-12)11-5-3-4-6-13-11/h3,5,7-9,11,13-14H,4,6H2,1-2H3. The van der Waals surface area contributed by atoms with Gasteiger partial charge in [0.1, 0.15) is 0 Å². The van der Waals surface area contributed by atoms with Crippen molar-refractivity contribution in [1.29, 1.82) is 0 Å². The Morgan fingerprint density at radius 2 is 2.33 bits per heavy atom. The molecule has 0 bridgehead atoms. The van der Waals surface area contributed by atoms with Crippen LogP contribution in [0.1, 0.15) is 31.9 Å². The van der Waals surface area contributed by atoms with Crippen LogP contribution >= 0.6 is 0 Å². The minimum absolute atomic E-state index is 0.214. The average molecular weight is 206 g/mol. The third-order valence-electron chi connectivity index (χ3n) is 2.40. The zero-order chi connectivity index (χ0) is 10.7. The van der Waals surface area contributed by atoms with E-state index in [2.05, 4.69) is 28.5 Å². The molecule has 3 heteroatoms. The fraction of sp³-hybridized carbons (Fsp3) is 0.500. The highest BCUT2D eigenvalue weighted by molar-refractivity contribution is 5.28. The second-order valence-electron chi connectivity index (χ2n) is 4.11. The Kier molecular flexibility index (Phi) is 3.11. The molecule has 0 aliphatic carbocycles. The lowest BCUT2D eigenvalue weighted by Crippen LogP contribution is -2.22. The first-order valence-electron chi connectivity index (χ1n) is 5.51. The number of hydrogen-bond donors (Lipinski definition) is 2. The van der Waals surface area contributed by atoms with Crippen LogP contribution in [-0.4, -0.2) is 17.6 Å². The molecule has 2 rings (SSSR count). The van der Waals surface area contributed by atoms with E-state index in [1.807, 2.05) is 20.0 Å². The average Bonchev–Trinajstić information content (AvgIpc) is 2.67. The van der Waals surface area contributed by atoms with Gasteiger partial charge in [0, 0.05) is 12.3 Å². The molecule has 1 aliphatic heterocycles. The predicted octanol–water partition coefficient (Wildman–Crippen LogP) is 2.39. The minimum Gasteiger partial charge on any atom is -0.476 e. The Morgan fingerprint density at radius 1 is 1.47 bits per heavy atom. The molecular formula is C12H18N2O. The molecule has 0 radical (unpaired) electrons. The zero-order valence-electron chi connectivity index (χ0n) is 9.29. The Hall–Kier alpha value is -1.22. The molecule has 82 valence electrons. The van der Waals surface area contributed by atoms with Gasteiger partial charge < -0.3 is 15.0 Å². The summed E-state index contributed by atoms with van der Waals surface area (Å²) >= 11 is 0. The third kappa shape index (κ3) is 2.63. The molecule has 1 unspecified atom stereocenters. The van der Waals surface area contributed by atoms with Crippen LogP contribution in [0.25, 0.3) is 0 Å². The largest absolute Gasteiger partial charge is 0.476 e. The van der Waals surface area contributed by atoms with Gasteiger partial charge in [-0.25, -0.2) is 0 Å². The van der Waals surface area contributed by atoms with Crippen LogP contribution in [0.3, 0.4) is 0 Å². The molecule has 0 amide bonds. The van der Waals surface area contributed by atoms with Crippen molar-refractivity contribution in [3.05, 3.63) is 30.0 Å². The molecule has 0 saturated carbocycles. The predicted molar refractivity (Wildman–Crippen MR) is 61.1 cm³/mol. The zero-order valence-corrected chi connectivity index (χ0v) is 9.29. The van der Waals surface area contributed by atoms with E-state index in [1.54, 1.807) is 0 Å². The molecule has 0 spiro atoms. The van der Waals surface area contributed by atoms with Gasteiger partial charge >= 0.3 is 0 Å². The van der Waals surface area contributed by atoms with Gasteiger partial charge in [0.05, 0.1) is 12.1 Å². The number of aromatic amines is 1. The van der Waals surface area contributed by atoms with Crippen molar-refractivity contribution in [2.45, 2.75) is 32.4 Å². The number of rotatable bonds is 3. The third-order valence-corrected chi connectivity index (χ3v) is 2.40. The van der Waals surface area contributed by atoms with Gasteiger partial charge in [0.2, 0.25) is 0 Å². The number of H-pyrrole nitrogens is 1. The van der Waals surface area contributed by atoms with Crippen molar-refractivity contribution in [3.8, 4) is 5.88 Å². The smallest absolute Gasteiger partial charge is 0.191 e. The van der Waals surface area contributed by atoms with Gasteiger partial charge in [0.25, 0.3) is 0 Å². The highest BCUT2D eigenvalue weighted by Crippen LogP contribution is 2.22.